The number of nitrogens with two attached hydrogens (primary N) is 1. The predicted molar refractivity (Wildman–Crippen MR) is 63.2 cm³/mol. The van der Waals surface area contributed by atoms with Crippen LogP contribution in [0.2, 0.25) is 0 Å². The van der Waals surface area contributed by atoms with E-state index >= 15 is 0 Å². The van der Waals surface area contributed by atoms with Crippen LogP contribution in [-0.2, 0) is 0 Å². The third-order valence-corrected chi connectivity index (χ3v) is 2.30. The summed E-state index contributed by atoms with van der Waals surface area (Å²) in [5.41, 5.74) is 6.06. The number of nitrogens with zero attached hydrogens (tertiary/aromatic N) is 4. The molecule has 2 aromatic rings. The van der Waals surface area contributed by atoms with Gasteiger partial charge in [-0.2, -0.15) is 5.26 Å². The number of nitro groups is 1. The molecule has 0 saturated carbocycles. The highest BCUT2D eigenvalue weighted by atomic mass is 16.6. The average molecular weight is 241 g/mol. The van der Waals surface area contributed by atoms with E-state index in [0.29, 0.717) is 11.1 Å². The first-order valence-corrected chi connectivity index (χ1v) is 4.89. The van der Waals surface area contributed by atoms with Crippen LogP contribution < -0.4 is 5.73 Å². The minimum Gasteiger partial charge on any atom is -0.378 e. The molecule has 7 heteroatoms. The molecule has 0 atom stereocenters. The normalized spacial score (nSPS) is 9.72. The van der Waals surface area contributed by atoms with E-state index in [-0.39, 0.29) is 17.2 Å². The molecule has 0 amide bonds. The van der Waals surface area contributed by atoms with Gasteiger partial charge >= 0.3 is 5.69 Å². The van der Waals surface area contributed by atoms with Crippen LogP contribution in [0.1, 0.15) is 5.56 Å². The molecular formula is C11H7N5O2. The maximum absolute atomic E-state index is 11.0. The van der Waals surface area contributed by atoms with Crippen molar-refractivity contribution in [1.29, 1.82) is 5.26 Å². The molecule has 0 spiro atoms. The van der Waals surface area contributed by atoms with Crippen LogP contribution >= 0.6 is 0 Å². The number of benzene rings is 1. The van der Waals surface area contributed by atoms with Crippen molar-refractivity contribution < 1.29 is 4.92 Å². The Labute approximate surface area is 102 Å². The first-order valence-electron chi connectivity index (χ1n) is 4.89. The van der Waals surface area contributed by atoms with Crippen molar-refractivity contribution in [1.82, 2.24) is 9.97 Å². The first-order chi connectivity index (χ1) is 8.63. The van der Waals surface area contributed by atoms with Crippen LogP contribution in [0.25, 0.3) is 11.3 Å². The molecule has 0 aliphatic heterocycles. The molecule has 1 aromatic carbocycles. The fourth-order valence-corrected chi connectivity index (χ4v) is 1.52. The van der Waals surface area contributed by atoms with Crippen molar-refractivity contribution >= 4 is 11.5 Å². The fraction of sp³-hybridized carbons (Fsp3) is 0. The van der Waals surface area contributed by atoms with Gasteiger partial charge in [0.15, 0.2) is 5.69 Å². The lowest BCUT2D eigenvalue weighted by atomic mass is 10.1. The topological polar surface area (TPSA) is 119 Å². The molecule has 18 heavy (non-hydrogen) atoms. The number of hydrogen-bond acceptors (Lipinski definition) is 6. The zero-order valence-electron chi connectivity index (χ0n) is 9.07. The van der Waals surface area contributed by atoms with E-state index in [4.69, 9.17) is 11.0 Å². The van der Waals surface area contributed by atoms with E-state index in [2.05, 4.69) is 9.97 Å². The standard InChI is InChI=1S/C11H7N5O2/c12-5-7-2-1-3-8(4-7)9-10(16(17)18)11(13)15-6-14-9/h1-4,6H,(H2,13,14,15). The smallest absolute Gasteiger partial charge is 0.337 e. The molecule has 1 heterocycles. The molecule has 0 aliphatic rings. The summed E-state index contributed by atoms with van der Waals surface area (Å²) in [5, 5.41) is 19.8. The SMILES string of the molecule is N#Cc1cccc(-c2ncnc(N)c2[N+](=O)[O-])c1. The van der Waals surface area contributed by atoms with Gasteiger partial charge in [0.25, 0.3) is 0 Å². The summed E-state index contributed by atoms with van der Waals surface area (Å²) in [4.78, 5) is 17.8. The largest absolute Gasteiger partial charge is 0.378 e. The molecule has 88 valence electrons. The number of anilines is 1. The van der Waals surface area contributed by atoms with Crippen LogP contribution in [0.3, 0.4) is 0 Å². The number of rotatable bonds is 2. The summed E-state index contributed by atoms with van der Waals surface area (Å²) in [7, 11) is 0. The molecule has 0 fully saturated rings. The zero-order valence-corrected chi connectivity index (χ0v) is 9.07. The van der Waals surface area contributed by atoms with Crippen LogP contribution in [-0.4, -0.2) is 14.9 Å². The second-order valence-electron chi connectivity index (χ2n) is 3.41. The maximum Gasteiger partial charge on any atom is 0.337 e. The summed E-state index contributed by atoms with van der Waals surface area (Å²) in [5.74, 6) is -0.202. The molecule has 0 bridgehead atoms. The second-order valence-corrected chi connectivity index (χ2v) is 3.41. The zero-order chi connectivity index (χ0) is 13.1. The first kappa shape index (κ1) is 11.5. The highest BCUT2D eigenvalue weighted by molar-refractivity contribution is 5.76. The van der Waals surface area contributed by atoms with Gasteiger partial charge in [0.05, 0.1) is 16.6 Å². The maximum atomic E-state index is 11.0. The Hall–Kier alpha value is -3.01. The molecular weight excluding hydrogens is 234 g/mol. The van der Waals surface area contributed by atoms with Gasteiger partial charge in [-0.3, -0.25) is 10.1 Å². The molecule has 0 saturated heterocycles. The Morgan fingerprint density at radius 2 is 2.17 bits per heavy atom. The number of nitrogen functional groups attached to an aromatic ring is 1. The second kappa shape index (κ2) is 4.47. The van der Waals surface area contributed by atoms with Crippen molar-refractivity contribution in [2.45, 2.75) is 0 Å². The van der Waals surface area contributed by atoms with Gasteiger partial charge in [-0.1, -0.05) is 12.1 Å². The minimum absolute atomic E-state index is 0.101. The summed E-state index contributed by atoms with van der Waals surface area (Å²) < 4.78 is 0. The van der Waals surface area contributed by atoms with Gasteiger partial charge in [0, 0.05) is 5.56 Å². The lowest BCUT2D eigenvalue weighted by Gasteiger charge is -2.03. The summed E-state index contributed by atoms with van der Waals surface area (Å²) in [6, 6.07) is 8.30. The van der Waals surface area contributed by atoms with Crippen LogP contribution in [0.15, 0.2) is 30.6 Å². The molecule has 2 rings (SSSR count). The third kappa shape index (κ3) is 1.94. The van der Waals surface area contributed by atoms with Crippen molar-refractivity contribution in [3.8, 4) is 17.3 Å². The van der Waals surface area contributed by atoms with Crippen molar-refractivity contribution in [2.24, 2.45) is 0 Å². The minimum atomic E-state index is -0.635. The monoisotopic (exact) mass is 241 g/mol. The molecule has 2 N–H and O–H groups in total. The van der Waals surface area contributed by atoms with Gasteiger partial charge in [-0.25, -0.2) is 9.97 Å². The van der Waals surface area contributed by atoms with Crippen molar-refractivity contribution in [3.05, 3.63) is 46.3 Å². The Balaban J connectivity index is 2.68. The number of hydrogen-bond donors (Lipinski definition) is 1. The summed E-state index contributed by atoms with van der Waals surface area (Å²) in [6.07, 6.45) is 1.15. The van der Waals surface area contributed by atoms with E-state index < -0.39 is 4.92 Å². The van der Waals surface area contributed by atoms with Gasteiger partial charge in [-0.15, -0.1) is 0 Å². The van der Waals surface area contributed by atoms with Crippen molar-refractivity contribution in [3.63, 3.8) is 0 Å². The lowest BCUT2D eigenvalue weighted by Crippen LogP contribution is -2.02. The fourth-order valence-electron chi connectivity index (χ4n) is 1.52. The van der Waals surface area contributed by atoms with Gasteiger partial charge in [-0.05, 0) is 12.1 Å². The molecule has 0 radical (unpaired) electrons. The molecule has 7 nitrogen and oxygen atoms in total. The Morgan fingerprint density at radius 3 is 2.83 bits per heavy atom. The van der Waals surface area contributed by atoms with Crippen LogP contribution in [0.4, 0.5) is 11.5 Å². The summed E-state index contributed by atoms with van der Waals surface area (Å²) in [6.45, 7) is 0. The quantitative estimate of drug-likeness (QED) is 0.628. The van der Waals surface area contributed by atoms with E-state index in [9.17, 15) is 10.1 Å². The molecule has 0 aliphatic carbocycles. The van der Waals surface area contributed by atoms with E-state index in [1.165, 1.54) is 6.07 Å². The highest BCUT2D eigenvalue weighted by Gasteiger charge is 2.21. The Kier molecular flexibility index (Phi) is 2.85. The lowest BCUT2D eigenvalue weighted by molar-refractivity contribution is -0.383. The average Bonchev–Trinajstić information content (AvgIpc) is 2.38. The number of nitriles is 1. The molecule has 0 unspecified atom stereocenters. The van der Waals surface area contributed by atoms with E-state index in [0.717, 1.165) is 6.33 Å². The van der Waals surface area contributed by atoms with Gasteiger partial charge in [0.1, 0.15) is 6.33 Å². The molecule has 1 aromatic heterocycles. The van der Waals surface area contributed by atoms with E-state index in [1.54, 1.807) is 18.2 Å². The highest BCUT2D eigenvalue weighted by Crippen LogP contribution is 2.31. The van der Waals surface area contributed by atoms with E-state index in [1.807, 2.05) is 6.07 Å². The van der Waals surface area contributed by atoms with Crippen LogP contribution in [0, 0.1) is 21.4 Å². The Bertz CT molecular complexity index is 663. The Morgan fingerprint density at radius 1 is 1.39 bits per heavy atom. The predicted octanol–water partition coefficient (Wildman–Crippen LogP) is 1.51. The van der Waals surface area contributed by atoms with Gasteiger partial charge in [0.2, 0.25) is 5.82 Å². The van der Waals surface area contributed by atoms with Crippen molar-refractivity contribution in [2.75, 3.05) is 5.73 Å². The van der Waals surface area contributed by atoms with Crippen LogP contribution in [0.5, 0.6) is 0 Å². The summed E-state index contributed by atoms with van der Waals surface area (Å²) >= 11 is 0. The third-order valence-electron chi connectivity index (χ3n) is 2.30. The number of aromatic nitrogens is 2. The van der Waals surface area contributed by atoms with Gasteiger partial charge < -0.3 is 5.73 Å².